The largest absolute Gasteiger partial charge is 0.367 e. The molecule has 0 bridgehead atoms. The van der Waals surface area contributed by atoms with E-state index in [2.05, 4.69) is 33.2 Å². The Morgan fingerprint density at radius 2 is 1.93 bits per heavy atom. The summed E-state index contributed by atoms with van der Waals surface area (Å²) in [7, 11) is 0. The van der Waals surface area contributed by atoms with Crippen molar-refractivity contribution in [3.63, 3.8) is 0 Å². The Bertz CT molecular complexity index is 884. The van der Waals surface area contributed by atoms with Crippen molar-refractivity contribution in [2.24, 2.45) is 11.8 Å². The number of piperidine rings is 1. The molecule has 1 amide bonds. The third kappa shape index (κ3) is 3.59. The molecule has 2 heterocycles. The number of anilines is 1. The van der Waals surface area contributed by atoms with E-state index >= 15 is 0 Å². The molecule has 0 unspecified atom stereocenters. The SMILES string of the molecule is C[C@H]1C[C@@H](NC(=O)C2CCCC2)CN(c2ccc(C#N)c3nccnc23)C1. The highest BCUT2D eigenvalue weighted by molar-refractivity contribution is 5.92. The van der Waals surface area contributed by atoms with Crippen LogP contribution in [0.4, 0.5) is 5.69 Å². The van der Waals surface area contributed by atoms with Crippen molar-refractivity contribution < 1.29 is 4.79 Å². The minimum absolute atomic E-state index is 0.143. The van der Waals surface area contributed by atoms with Crippen LogP contribution in [0.15, 0.2) is 24.5 Å². The molecular formula is C21H25N5O. The van der Waals surface area contributed by atoms with Crippen LogP contribution in [0, 0.1) is 23.2 Å². The summed E-state index contributed by atoms with van der Waals surface area (Å²) in [4.78, 5) is 23.7. The van der Waals surface area contributed by atoms with Gasteiger partial charge in [0, 0.05) is 37.4 Å². The highest BCUT2D eigenvalue weighted by Crippen LogP contribution is 2.30. The molecule has 0 radical (unpaired) electrons. The van der Waals surface area contributed by atoms with Crippen molar-refractivity contribution >= 4 is 22.6 Å². The monoisotopic (exact) mass is 363 g/mol. The molecule has 1 N–H and O–H groups in total. The molecule has 1 saturated carbocycles. The number of benzene rings is 1. The van der Waals surface area contributed by atoms with Gasteiger partial charge in [0.2, 0.25) is 5.91 Å². The van der Waals surface area contributed by atoms with Crippen molar-refractivity contribution in [1.82, 2.24) is 15.3 Å². The second-order valence-corrected chi connectivity index (χ2v) is 7.93. The van der Waals surface area contributed by atoms with E-state index in [9.17, 15) is 10.1 Å². The highest BCUT2D eigenvalue weighted by Gasteiger charge is 2.30. The van der Waals surface area contributed by atoms with Gasteiger partial charge in [0.1, 0.15) is 17.1 Å². The fourth-order valence-corrected chi connectivity index (χ4v) is 4.55. The maximum Gasteiger partial charge on any atom is 0.223 e. The number of amides is 1. The molecule has 1 saturated heterocycles. The van der Waals surface area contributed by atoms with E-state index in [-0.39, 0.29) is 17.9 Å². The number of nitriles is 1. The molecule has 2 fully saturated rings. The average molecular weight is 363 g/mol. The van der Waals surface area contributed by atoms with Gasteiger partial charge in [0.25, 0.3) is 0 Å². The van der Waals surface area contributed by atoms with Gasteiger partial charge in [0.15, 0.2) is 0 Å². The van der Waals surface area contributed by atoms with Gasteiger partial charge in [-0.3, -0.25) is 14.8 Å². The van der Waals surface area contributed by atoms with Crippen LogP contribution in [0.1, 0.15) is 44.6 Å². The first-order valence-electron chi connectivity index (χ1n) is 9.85. The fraction of sp³-hybridized carbons (Fsp3) is 0.524. The van der Waals surface area contributed by atoms with Crippen LogP contribution in [0.3, 0.4) is 0 Å². The van der Waals surface area contributed by atoms with Crippen molar-refractivity contribution in [3.05, 3.63) is 30.1 Å². The number of fused-ring (bicyclic) bond motifs is 1. The molecule has 0 spiro atoms. The van der Waals surface area contributed by atoms with Crippen molar-refractivity contribution in [2.45, 2.75) is 45.1 Å². The van der Waals surface area contributed by atoms with E-state index in [0.29, 0.717) is 17.0 Å². The maximum atomic E-state index is 12.6. The zero-order valence-corrected chi connectivity index (χ0v) is 15.7. The first-order chi connectivity index (χ1) is 13.2. The zero-order valence-electron chi connectivity index (χ0n) is 15.7. The summed E-state index contributed by atoms with van der Waals surface area (Å²) in [5, 5.41) is 12.6. The Labute approximate surface area is 159 Å². The second kappa shape index (κ2) is 7.51. The molecule has 1 aliphatic carbocycles. The standard InChI is InChI=1S/C21H25N5O/c1-14-10-17(25-21(27)15-4-2-3-5-15)13-26(12-14)18-7-6-16(11-22)19-20(18)24-9-8-23-19/h6-9,14-15,17H,2-5,10,12-13H2,1H3,(H,25,27)/t14-,17+/m0/s1. The van der Waals surface area contributed by atoms with Crippen molar-refractivity contribution in [1.29, 1.82) is 5.26 Å². The average Bonchev–Trinajstić information content (AvgIpc) is 3.21. The Morgan fingerprint density at radius 3 is 2.67 bits per heavy atom. The predicted molar refractivity (Wildman–Crippen MR) is 104 cm³/mol. The lowest BCUT2D eigenvalue weighted by molar-refractivity contribution is -0.125. The first kappa shape index (κ1) is 17.7. The second-order valence-electron chi connectivity index (χ2n) is 7.93. The predicted octanol–water partition coefficient (Wildman–Crippen LogP) is 3.02. The van der Waals surface area contributed by atoms with Crippen LogP contribution >= 0.6 is 0 Å². The Hall–Kier alpha value is -2.68. The van der Waals surface area contributed by atoms with Crippen molar-refractivity contribution in [3.8, 4) is 6.07 Å². The number of hydrogen-bond donors (Lipinski definition) is 1. The van der Waals surface area contributed by atoms with E-state index < -0.39 is 0 Å². The molecule has 1 aliphatic heterocycles. The van der Waals surface area contributed by atoms with Gasteiger partial charge in [0.05, 0.1) is 11.3 Å². The summed E-state index contributed by atoms with van der Waals surface area (Å²) < 4.78 is 0. The fourth-order valence-electron chi connectivity index (χ4n) is 4.55. The zero-order chi connectivity index (χ0) is 18.8. The topological polar surface area (TPSA) is 81.9 Å². The normalized spacial score (nSPS) is 23.3. The quantitative estimate of drug-likeness (QED) is 0.906. The minimum atomic E-state index is 0.143. The van der Waals surface area contributed by atoms with Gasteiger partial charge in [-0.15, -0.1) is 0 Å². The number of hydrogen-bond acceptors (Lipinski definition) is 5. The van der Waals surface area contributed by atoms with Gasteiger partial charge in [-0.2, -0.15) is 5.26 Å². The lowest BCUT2D eigenvalue weighted by Crippen LogP contribution is -2.51. The van der Waals surface area contributed by atoms with Gasteiger partial charge in [-0.25, -0.2) is 0 Å². The third-order valence-electron chi connectivity index (χ3n) is 5.80. The number of carbonyl (C=O) groups excluding carboxylic acids is 1. The Balaban J connectivity index is 1.57. The van der Waals surface area contributed by atoms with Gasteiger partial charge in [-0.05, 0) is 37.3 Å². The van der Waals surface area contributed by atoms with Crippen LogP contribution in [0.2, 0.25) is 0 Å². The van der Waals surface area contributed by atoms with E-state index in [4.69, 9.17) is 0 Å². The summed E-state index contributed by atoms with van der Waals surface area (Å²) in [6, 6.07) is 6.12. The van der Waals surface area contributed by atoms with Gasteiger partial charge < -0.3 is 10.2 Å². The van der Waals surface area contributed by atoms with Crippen molar-refractivity contribution in [2.75, 3.05) is 18.0 Å². The summed E-state index contributed by atoms with van der Waals surface area (Å²) in [6.07, 6.45) is 8.66. The molecular weight excluding hydrogens is 338 g/mol. The molecule has 2 atom stereocenters. The Kier molecular flexibility index (Phi) is 4.93. The molecule has 140 valence electrons. The number of nitrogens with one attached hydrogen (secondary N) is 1. The summed E-state index contributed by atoms with van der Waals surface area (Å²) in [5.74, 6) is 0.878. The van der Waals surface area contributed by atoms with Crippen LogP contribution in [0.25, 0.3) is 11.0 Å². The first-order valence-corrected chi connectivity index (χ1v) is 9.85. The molecule has 1 aromatic carbocycles. The van der Waals surface area contributed by atoms with Crippen LogP contribution in [-0.2, 0) is 4.79 Å². The molecule has 2 aromatic rings. The third-order valence-corrected chi connectivity index (χ3v) is 5.80. The molecule has 6 nitrogen and oxygen atoms in total. The van der Waals surface area contributed by atoms with E-state index in [1.54, 1.807) is 12.4 Å². The Morgan fingerprint density at radius 1 is 1.19 bits per heavy atom. The molecule has 1 aromatic heterocycles. The van der Waals surface area contributed by atoms with E-state index in [1.165, 1.54) is 12.8 Å². The van der Waals surface area contributed by atoms with E-state index in [0.717, 1.165) is 43.6 Å². The molecule has 4 rings (SSSR count). The summed E-state index contributed by atoms with van der Waals surface area (Å²) >= 11 is 0. The summed E-state index contributed by atoms with van der Waals surface area (Å²) in [6.45, 7) is 3.89. The lowest BCUT2D eigenvalue weighted by atomic mass is 9.94. The maximum absolute atomic E-state index is 12.6. The van der Waals surface area contributed by atoms with Gasteiger partial charge in [-0.1, -0.05) is 19.8 Å². The van der Waals surface area contributed by atoms with Crippen LogP contribution < -0.4 is 10.2 Å². The number of nitrogens with zero attached hydrogens (tertiary/aromatic N) is 4. The number of rotatable bonds is 3. The van der Waals surface area contributed by atoms with E-state index in [1.807, 2.05) is 12.1 Å². The van der Waals surface area contributed by atoms with Gasteiger partial charge >= 0.3 is 0 Å². The highest BCUT2D eigenvalue weighted by atomic mass is 16.2. The number of carbonyl (C=O) groups is 1. The summed E-state index contributed by atoms with van der Waals surface area (Å²) in [5.41, 5.74) is 2.93. The van der Waals surface area contributed by atoms with Crippen LogP contribution in [0.5, 0.6) is 0 Å². The molecule has 2 aliphatic rings. The minimum Gasteiger partial charge on any atom is -0.367 e. The lowest BCUT2D eigenvalue weighted by Gasteiger charge is -2.38. The number of aromatic nitrogens is 2. The smallest absolute Gasteiger partial charge is 0.223 e. The van der Waals surface area contributed by atoms with Crippen LogP contribution in [-0.4, -0.2) is 35.0 Å². The molecule has 27 heavy (non-hydrogen) atoms. The molecule has 6 heteroatoms.